The van der Waals surface area contributed by atoms with Crippen LogP contribution in [0.5, 0.6) is 11.5 Å². The lowest BCUT2D eigenvalue weighted by Crippen LogP contribution is -1.98. The van der Waals surface area contributed by atoms with Gasteiger partial charge in [0.05, 0.1) is 19.6 Å². The van der Waals surface area contributed by atoms with Crippen LogP contribution in [0.3, 0.4) is 0 Å². The minimum absolute atomic E-state index is 0.253. The predicted molar refractivity (Wildman–Crippen MR) is 73.7 cm³/mol. The lowest BCUT2D eigenvalue weighted by Gasteiger charge is -2.15. The van der Waals surface area contributed by atoms with Crippen LogP contribution in [0.1, 0.15) is 16.5 Å². The third-order valence-electron chi connectivity index (χ3n) is 2.80. The Morgan fingerprint density at radius 2 is 1.67 bits per heavy atom. The van der Waals surface area contributed by atoms with E-state index in [-0.39, 0.29) is 5.38 Å². The zero-order valence-electron chi connectivity index (χ0n) is 10.4. The third-order valence-corrected chi connectivity index (χ3v) is 3.29. The minimum atomic E-state index is -0.253. The average Bonchev–Trinajstić information content (AvgIpc) is 2.46. The summed E-state index contributed by atoms with van der Waals surface area (Å²) in [6.07, 6.45) is 0. The van der Waals surface area contributed by atoms with Gasteiger partial charge in [0.15, 0.2) is 0 Å². The van der Waals surface area contributed by atoms with E-state index in [0.717, 1.165) is 22.6 Å². The van der Waals surface area contributed by atoms with Crippen LogP contribution in [-0.2, 0) is 0 Å². The first-order valence-corrected chi connectivity index (χ1v) is 6.11. The smallest absolute Gasteiger partial charge is 0.124 e. The topological polar surface area (TPSA) is 18.5 Å². The van der Waals surface area contributed by atoms with Crippen molar-refractivity contribution in [2.45, 2.75) is 5.38 Å². The Balaban J connectivity index is 2.42. The molecule has 1 atom stereocenters. The van der Waals surface area contributed by atoms with E-state index in [9.17, 15) is 0 Å². The predicted octanol–water partition coefficient (Wildman–Crippen LogP) is 4.03. The molecule has 0 N–H and O–H groups in total. The first-order chi connectivity index (χ1) is 8.76. The monoisotopic (exact) mass is 262 g/mol. The van der Waals surface area contributed by atoms with Gasteiger partial charge in [0.2, 0.25) is 0 Å². The molecule has 2 rings (SSSR count). The van der Waals surface area contributed by atoms with E-state index >= 15 is 0 Å². The van der Waals surface area contributed by atoms with Crippen LogP contribution >= 0.6 is 11.6 Å². The second-order valence-electron chi connectivity index (χ2n) is 3.88. The van der Waals surface area contributed by atoms with Gasteiger partial charge in [0.25, 0.3) is 0 Å². The first kappa shape index (κ1) is 12.8. The van der Waals surface area contributed by atoms with Crippen molar-refractivity contribution in [2.75, 3.05) is 14.2 Å². The highest BCUT2D eigenvalue weighted by molar-refractivity contribution is 6.22. The highest BCUT2D eigenvalue weighted by Crippen LogP contribution is 2.36. The molecular weight excluding hydrogens is 248 g/mol. The van der Waals surface area contributed by atoms with E-state index in [1.165, 1.54) is 0 Å². The first-order valence-electron chi connectivity index (χ1n) is 5.67. The van der Waals surface area contributed by atoms with Gasteiger partial charge in [0.1, 0.15) is 11.5 Å². The number of alkyl halides is 1. The summed E-state index contributed by atoms with van der Waals surface area (Å²) in [6, 6.07) is 15.5. The van der Waals surface area contributed by atoms with Gasteiger partial charge >= 0.3 is 0 Å². The molecule has 0 aliphatic rings. The zero-order chi connectivity index (χ0) is 13.0. The van der Waals surface area contributed by atoms with Crippen molar-refractivity contribution in [3.63, 3.8) is 0 Å². The number of halogens is 1. The molecule has 0 saturated carbocycles. The van der Waals surface area contributed by atoms with Crippen LogP contribution in [-0.4, -0.2) is 14.2 Å². The number of hydrogen-bond acceptors (Lipinski definition) is 2. The maximum Gasteiger partial charge on any atom is 0.124 e. The Labute approximate surface area is 112 Å². The van der Waals surface area contributed by atoms with Crippen molar-refractivity contribution in [3.8, 4) is 11.5 Å². The lowest BCUT2D eigenvalue weighted by atomic mass is 10.0. The Morgan fingerprint density at radius 1 is 0.944 bits per heavy atom. The van der Waals surface area contributed by atoms with Gasteiger partial charge in [-0.15, -0.1) is 11.6 Å². The lowest BCUT2D eigenvalue weighted by molar-refractivity contribution is 0.399. The normalized spacial score (nSPS) is 11.9. The van der Waals surface area contributed by atoms with Gasteiger partial charge in [-0.05, 0) is 23.8 Å². The van der Waals surface area contributed by atoms with Crippen LogP contribution in [0.4, 0.5) is 0 Å². The molecule has 1 unspecified atom stereocenters. The van der Waals surface area contributed by atoms with E-state index in [1.54, 1.807) is 14.2 Å². The van der Waals surface area contributed by atoms with E-state index in [4.69, 9.17) is 21.1 Å². The Bertz CT molecular complexity index is 511. The van der Waals surface area contributed by atoms with Crippen LogP contribution in [0, 0.1) is 0 Å². The SMILES string of the molecule is COc1ccc(OC)c(C(Cl)c2ccccc2)c1. The summed E-state index contributed by atoms with van der Waals surface area (Å²) in [5, 5.41) is -0.253. The molecule has 94 valence electrons. The molecule has 0 aromatic heterocycles. The highest BCUT2D eigenvalue weighted by Gasteiger charge is 2.16. The van der Waals surface area contributed by atoms with Crippen molar-refractivity contribution in [3.05, 3.63) is 59.7 Å². The maximum atomic E-state index is 6.51. The number of methoxy groups -OCH3 is 2. The fourth-order valence-electron chi connectivity index (χ4n) is 1.84. The van der Waals surface area contributed by atoms with Crippen molar-refractivity contribution < 1.29 is 9.47 Å². The van der Waals surface area contributed by atoms with Gasteiger partial charge < -0.3 is 9.47 Å². The van der Waals surface area contributed by atoms with Crippen molar-refractivity contribution >= 4 is 11.6 Å². The molecule has 0 aliphatic heterocycles. The molecule has 0 radical (unpaired) electrons. The third kappa shape index (κ3) is 2.59. The fraction of sp³-hybridized carbons (Fsp3) is 0.200. The standard InChI is InChI=1S/C15H15ClO2/c1-17-12-8-9-14(18-2)13(10-12)15(16)11-6-4-3-5-7-11/h3-10,15H,1-2H3. The fourth-order valence-corrected chi connectivity index (χ4v) is 2.16. The zero-order valence-corrected chi connectivity index (χ0v) is 11.1. The molecule has 2 nitrogen and oxygen atoms in total. The van der Waals surface area contributed by atoms with Gasteiger partial charge in [-0.3, -0.25) is 0 Å². The molecule has 0 spiro atoms. The molecule has 0 saturated heterocycles. The quantitative estimate of drug-likeness (QED) is 0.775. The number of hydrogen-bond donors (Lipinski definition) is 0. The van der Waals surface area contributed by atoms with E-state index in [0.29, 0.717) is 0 Å². The summed E-state index contributed by atoms with van der Waals surface area (Å²) in [6.45, 7) is 0. The molecule has 0 fully saturated rings. The number of benzene rings is 2. The van der Waals surface area contributed by atoms with Gasteiger partial charge in [-0.25, -0.2) is 0 Å². The van der Waals surface area contributed by atoms with Crippen LogP contribution in [0.25, 0.3) is 0 Å². The molecule has 2 aromatic carbocycles. The second kappa shape index (κ2) is 5.78. The van der Waals surface area contributed by atoms with Gasteiger partial charge in [-0.2, -0.15) is 0 Å². The Hall–Kier alpha value is -1.67. The van der Waals surface area contributed by atoms with Gasteiger partial charge in [0, 0.05) is 5.56 Å². The summed E-state index contributed by atoms with van der Waals surface area (Å²) in [4.78, 5) is 0. The molecule has 0 amide bonds. The average molecular weight is 263 g/mol. The number of ether oxygens (including phenoxy) is 2. The molecular formula is C15H15ClO2. The summed E-state index contributed by atoms with van der Waals surface area (Å²) in [7, 11) is 3.28. The van der Waals surface area contributed by atoms with Crippen LogP contribution in [0.2, 0.25) is 0 Å². The van der Waals surface area contributed by atoms with Crippen LogP contribution in [0.15, 0.2) is 48.5 Å². The molecule has 0 heterocycles. The summed E-state index contributed by atoms with van der Waals surface area (Å²) >= 11 is 6.51. The second-order valence-corrected chi connectivity index (χ2v) is 4.32. The molecule has 0 bridgehead atoms. The Kier molecular flexibility index (Phi) is 4.11. The molecule has 0 aliphatic carbocycles. The van der Waals surface area contributed by atoms with Crippen molar-refractivity contribution in [1.82, 2.24) is 0 Å². The summed E-state index contributed by atoms with van der Waals surface area (Å²) in [5.41, 5.74) is 1.94. The molecule has 2 aromatic rings. The minimum Gasteiger partial charge on any atom is -0.497 e. The summed E-state index contributed by atoms with van der Waals surface area (Å²) in [5.74, 6) is 1.53. The van der Waals surface area contributed by atoms with E-state index in [1.807, 2.05) is 48.5 Å². The van der Waals surface area contributed by atoms with Crippen molar-refractivity contribution in [2.24, 2.45) is 0 Å². The van der Waals surface area contributed by atoms with Crippen LogP contribution < -0.4 is 9.47 Å². The molecule has 3 heteroatoms. The highest BCUT2D eigenvalue weighted by atomic mass is 35.5. The largest absolute Gasteiger partial charge is 0.497 e. The van der Waals surface area contributed by atoms with Crippen molar-refractivity contribution in [1.29, 1.82) is 0 Å². The molecule has 18 heavy (non-hydrogen) atoms. The maximum absolute atomic E-state index is 6.51. The van der Waals surface area contributed by atoms with E-state index < -0.39 is 0 Å². The Morgan fingerprint density at radius 3 is 2.28 bits per heavy atom. The number of rotatable bonds is 4. The van der Waals surface area contributed by atoms with E-state index in [2.05, 4.69) is 0 Å². The van der Waals surface area contributed by atoms with Gasteiger partial charge in [-0.1, -0.05) is 30.3 Å². The summed E-state index contributed by atoms with van der Waals surface area (Å²) < 4.78 is 10.6.